The number of fused-ring (bicyclic) bond motifs is 1. The molecular formula is C25H18Cl3N5O7P2. The molecule has 1 saturated heterocycles. The molecular weight excluding hydrogens is 651 g/mol. The van der Waals surface area contributed by atoms with Gasteiger partial charge in [-0.1, -0.05) is 71.0 Å². The molecule has 2 aromatic heterocycles. The number of β-lactam (4-membered cyclic amide) rings is 1. The third-order valence-electron chi connectivity index (χ3n) is 6.46. The number of benzene rings is 2. The monoisotopic (exact) mass is 667 g/mol. The Morgan fingerprint density at radius 1 is 1.12 bits per heavy atom. The lowest BCUT2D eigenvalue weighted by molar-refractivity contribution is -0.525. The molecule has 4 aromatic rings. The van der Waals surface area contributed by atoms with Crippen molar-refractivity contribution >= 4 is 88.7 Å². The van der Waals surface area contributed by atoms with Gasteiger partial charge < -0.3 is 15.2 Å². The van der Waals surface area contributed by atoms with Gasteiger partial charge in [0, 0.05) is 16.4 Å². The number of halogens is 3. The summed E-state index contributed by atoms with van der Waals surface area (Å²) < 4.78 is 6.16. The fourth-order valence-corrected chi connectivity index (χ4v) is 8.19. The van der Waals surface area contributed by atoms with Crippen LogP contribution in [-0.4, -0.2) is 55.4 Å². The number of anilines is 2. The van der Waals surface area contributed by atoms with Crippen LogP contribution in [0.5, 0.6) is 5.75 Å². The summed E-state index contributed by atoms with van der Waals surface area (Å²) in [5.74, 6) is -4.94. The van der Waals surface area contributed by atoms with E-state index >= 15 is 0 Å². The summed E-state index contributed by atoms with van der Waals surface area (Å²) >= 11 is 19.0. The Morgan fingerprint density at radius 3 is 2.31 bits per heavy atom. The van der Waals surface area contributed by atoms with E-state index in [-0.39, 0.29) is 15.8 Å². The van der Waals surface area contributed by atoms with Gasteiger partial charge in [0.1, 0.15) is 6.63 Å². The molecule has 0 saturated carbocycles. The van der Waals surface area contributed by atoms with E-state index in [9.17, 15) is 29.6 Å². The maximum Gasteiger partial charge on any atom is 0.346 e. The molecule has 17 heteroatoms. The second-order valence-electron chi connectivity index (χ2n) is 8.74. The van der Waals surface area contributed by atoms with Gasteiger partial charge in [-0.15, -0.1) is 11.6 Å². The zero-order valence-corrected chi connectivity index (χ0v) is 25.3. The second kappa shape index (κ2) is 11.6. The van der Waals surface area contributed by atoms with Crippen molar-refractivity contribution < 1.29 is 29.3 Å². The number of hydrogen-bond donors (Lipinski definition) is 2. The minimum atomic E-state index is -2.74. The molecule has 0 bridgehead atoms. The van der Waals surface area contributed by atoms with Crippen LogP contribution in [0.4, 0.5) is 11.5 Å². The molecule has 216 valence electrons. The summed E-state index contributed by atoms with van der Waals surface area (Å²) in [6, 6.07) is 19.2. The number of rotatable bonds is 8. The van der Waals surface area contributed by atoms with Gasteiger partial charge >= 0.3 is 5.97 Å². The topological polar surface area (TPSA) is 147 Å². The Kier molecular flexibility index (Phi) is 8.20. The maximum absolute atomic E-state index is 13.7. The summed E-state index contributed by atoms with van der Waals surface area (Å²) in [7, 11) is 1.41. The van der Waals surface area contributed by atoms with Crippen LogP contribution in [0.2, 0.25) is 0 Å². The quantitative estimate of drug-likeness (QED) is 0.0494. The van der Waals surface area contributed by atoms with Gasteiger partial charge in [0.05, 0.1) is 23.1 Å². The van der Waals surface area contributed by atoms with Crippen molar-refractivity contribution in [2.75, 3.05) is 17.5 Å². The number of carbonyl (C=O) groups is 3. The van der Waals surface area contributed by atoms with Crippen molar-refractivity contribution in [3.05, 3.63) is 82.9 Å². The van der Waals surface area contributed by atoms with Crippen molar-refractivity contribution in [2.24, 2.45) is 0 Å². The number of alkyl halides is 1. The molecule has 2 N–H and O–H groups in total. The number of nitrogens with one attached hydrogen (secondary N) is 1. The van der Waals surface area contributed by atoms with Gasteiger partial charge in [0.2, 0.25) is 5.82 Å². The summed E-state index contributed by atoms with van der Waals surface area (Å²) in [6.45, 7) is -1.76. The van der Waals surface area contributed by atoms with Gasteiger partial charge in [0.15, 0.2) is 16.2 Å². The first-order valence-electron chi connectivity index (χ1n) is 11.8. The molecule has 42 heavy (non-hydrogen) atoms. The molecule has 2 unspecified atom stereocenters. The van der Waals surface area contributed by atoms with E-state index in [1.165, 1.54) is 22.6 Å². The number of carbonyl (C=O) groups excluding carboxylic acids is 3. The Bertz CT molecular complexity index is 1730. The fraction of sp³-hybridized carbons (Fsp3) is 0.120. The lowest BCUT2D eigenvalue weighted by Crippen LogP contribution is -2.85. The average Bonchev–Trinajstić information content (AvgIpc) is 3.38. The Hall–Kier alpha value is -3.66. The summed E-state index contributed by atoms with van der Waals surface area (Å²) in [6.07, 6.45) is 0. The van der Waals surface area contributed by atoms with Crippen LogP contribution in [0.1, 0.15) is 0 Å². The summed E-state index contributed by atoms with van der Waals surface area (Å²) in [5, 5.41) is 24.3. The fourth-order valence-electron chi connectivity index (χ4n) is 4.62. The first-order valence-corrected chi connectivity index (χ1v) is 16.3. The highest BCUT2D eigenvalue weighted by Gasteiger charge is 2.75. The number of pyridine rings is 1. The smallest absolute Gasteiger partial charge is 0.346 e. The third kappa shape index (κ3) is 4.60. The number of aromatic nitrogens is 1. The van der Waals surface area contributed by atoms with Crippen LogP contribution in [0.25, 0.3) is 16.5 Å². The largest absolute Gasteiger partial charge is 0.504 e. The van der Waals surface area contributed by atoms with Gasteiger partial charge in [-0.3, -0.25) is 14.0 Å². The maximum atomic E-state index is 13.7. The highest BCUT2D eigenvalue weighted by Crippen LogP contribution is 2.53. The molecule has 2 amide bonds. The minimum Gasteiger partial charge on any atom is -0.504 e. The zero-order chi connectivity index (χ0) is 30.3. The first kappa shape index (κ1) is 29.8. The van der Waals surface area contributed by atoms with Crippen LogP contribution in [0.15, 0.2) is 72.8 Å². The number of esters is 1. The molecule has 2 aromatic carbocycles. The van der Waals surface area contributed by atoms with Crippen molar-refractivity contribution in [1.82, 2.24) is 9.41 Å². The molecule has 0 spiro atoms. The van der Waals surface area contributed by atoms with Crippen molar-refractivity contribution in [3.8, 4) is 16.7 Å². The lowest BCUT2D eigenvalue weighted by atomic mass is 9.83. The number of amides is 2. The molecule has 1 aliphatic rings. The number of nitro groups is 1. The molecule has 0 radical (unpaired) electrons. The molecule has 0 aliphatic carbocycles. The lowest BCUT2D eigenvalue weighted by Gasteiger charge is -2.50. The van der Waals surface area contributed by atoms with E-state index in [4.69, 9.17) is 38.8 Å². The first-order chi connectivity index (χ1) is 20.0. The van der Waals surface area contributed by atoms with E-state index in [0.29, 0.717) is 29.7 Å². The van der Waals surface area contributed by atoms with E-state index in [0.717, 1.165) is 13.2 Å². The van der Waals surface area contributed by atoms with Gasteiger partial charge in [-0.05, 0) is 32.5 Å². The van der Waals surface area contributed by atoms with Crippen molar-refractivity contribution in [3.63, 3.8) is 0 Å². The number of ether oxygens (including phenoxy) is 1. The van der Waals surface area contributed by atoms with Crippen LogP contribution in [0, 0.1) is 10.1 Å². The molecule has 3 heterocycles. The van der Waals surface area contributed by atoms with Crippen LogP contribution < -0.4 is 15.5 Å². The van der Waals surface area contributed by atoms with E-state index in [1.807, 2.05) is 0 Å². The molecule has 2 atom stereocenters. The van der Waals surface area contributed by atoms with Crippen LogP contribution in [-0.2, 0) is 19.1 Å². The number of hydrazine groups is 2. The van der Waals surface area contributed by atoms with Crippen LogP contribution >= 0.6 is 48.9 Å². The Labute approximate surface area is 254 Å². The predicted octanol–water partition coefficient (Wildman–Crippen LogP) is 5.22. The van der Waals surface area contributed by atoms with E-state index in [1.54, 1.807) is 48.5 Å². The highest BCUT2D eigenvalue weighted by atomic mass is 35.9. The highest BCUT2D eigenvalue weighted by molar-refractivity contribution is 8.12. The number of hydrogen-bond acceptors (Lipinski definition) is 7. The SMILES string of the molecule is COC(=O)C1(C(=O)Nc2ccccc2)C(Cl)C(=O)N1N(c1c(O)ccc2c(P(Cl)Cl)pc(-c3ccccc3)n12)[N+](=O)[O-]. The minimum absolute atomic E-state index is 0.119. The number of methoxy groups -OCH3 is 1. The number of nitrogens with zero attached hydrogens (tertiary/aromatic N) is 4. The van der Waals surface area contributed by atoms with Gasteiger partial charge in [0.25, 0.3) is 17.4 Å². The van der Waals surface area contributed by atoms with E-state index < -0.39 is 51.9 Å². The second-order valence-corrected chi connectivity index (χ2v) is 14.1. The summed E-state index contributed by atoms with van der Waals surface area (Å²) in [4.78, 5) is 53.2. The molecule has 5 rings (SSSR count). The van der Waals surface area contributed by atoms with E-state index in [2.05, 4.69) is 5.32 Å². The number of para-hydroxylation sites is 1. The van der Waals surface area contributed by atoms with Crippen molar-refractivity contribution in [2.45, 2.75) is 10.9 Å². The predicted molar refractivity (Wildman–Crippen MR) is 161 cm³/mol. The zero-order valence-electron chi connectivity index (χ0n) is 21.2. The molecule has 12 nitrogen and oxygen atoms in total. The number of aromatic hydroxyl groups is 1. The van der Waals surface area contributed by atoms with Gasteiger partial charge in [-0.2, -0.15) is 5.01 Å². The standard InChI is InChI=1S/C25H18Cl3N5O7P2/c1-40-24(37)25(23(36)29-15-10-6-3-7-11-15)18(26)20(35)31(25)32(33(38)39)19-17(34)13-12-16-22(42(27)28)41-21(30(16)19)14-8-4-2-5-9-14/h2-13,18,34H,1H3,(H,29,36). The normalized spacial score (nSPS) is 18.3. The van der Waals surface area contributed by atoms with Gasteiger partial charge in [-0.25, -0.2) is 14.9 Å². The Morgan fingerprint density at radius 2 is 1.74 bits per heavy atom. The summed E-state index contributed by atoms with van der Waals surface area (Å²) in [5.41, 5.74) is -1.23. The van der Waals surface area contributed by atoms with Crippen LogP contribution in [0.3, 0.4) is 0 Å². The molecule has 1 fully saturated rings. The Balaban J connectivity index is 1.78. The van der Waals surface area contributed by atoms with Crippen molar-refractivity contribution in [1.29, 1.82) is 0 Å². The third-order valence-corrected chi connectivity index (χ3v) is 11.2. The molecule has 1 aliphatic heterocycles. The average molecular weight is 669 g/mol.